The monoisotopic (exact) mass is 748 g/mol. The number of rotatable bonds is 18. The van der Waals surface area contributed by atoms with Crippen molar-refractivity contribution in [2.45, 2.75) is 104 Å². The summed E-state index contributed by atoms with van der Waals surface area (Å²) in [5, 5.41) is 23.5. The van der Waals surface area contributed by atoms with E-state index in [1.54, 1.807) is 34.9 Å². The Morgan fingerprint density at radius 2 is 1.56 bits per heavy atom. The van der Waals surface area contributed by atoms with Gasteiger partial charge in [0.1, 0.15) is 12.6 Å². The summed E-state index contributed by atoms with van der Waals surface area (Å²) < 4.78 is 5.34. The van der Waals surface area contributed by atoms with Crippen LogP contribution in [0.1, 0.15) is 92.9 Å². The van der Waals surface area contributed by atoms with Crippen molar-refractivity contribution in [3.8, 4) is 0 Å². The number of amides is 4. The van der Waals surface area contributed by atoms with E-state index >= 15 is 0 Å². The predicted octanol–water partition coefficient (Wildman–Crippen LogP) is 7.05. The third-order valence-electron chi connectivity index (χ3n) is 8.72. The van der Waals surface area contributed by atoms with Crippen LogP contribution in [0, 0.1) is 5.92 Å². The SMILES string of the molecule is CCCN(Cc1csc(C(C)C)n1)C(=O)N[C@H](C(=O)N[C@@H](C[C@H](O)[C@H](C)NC(=O)OCc1cncs1)C(c1ccccc1)c1ccccc1)C(C)C. The number of urea groups is 1. The van der Waals surface area contributed by atoms with E-state index in [2.05, 4.69) is 34.8 Å². The molecular weight excluding hydrogens is 697 g/mol. The van der Waals surface area contributed by atoms with Crippen LogP contribution in [0.3, 0.4) is 0 Å². The molecule has 0 radical (unpaired) electrons. The highest BCUT2D eigenvalue weighted by Gasteiger charge is 2.34. The van der Waals surface area contributed by atoms with Crippen molar-refractivity contribution in [3.63, 3.8) is 0 Å². The number of nitrogens with one attached hydrogen (secondary N) is 3. The van der Waals surface area contributed by atoms with Crippen molar-refractivity contribution in [3.05, 3.63) is 104 Å². The number of thiazole rings is 2. The smallest absolute Gasteiger partial charge is 0.407 e. The van der Waals surface area contributed by atoms with Crippen molar-refractivity contribution in [1.29, 1.82) is 0 Å². The Kier molecular flexibility index (Phi) is 15.6. The van der Waals surface area contributed by atoms with Crippen LogP contribution in [0.15, 0.2) is 77.8 Å². The topological polar surface area (TPSA) is 146 Å². The third kappa shape index (κ3) is 11.9. The standard InChI is InChI=1S/C39H52N6O5S2/c1-7-18-45(21-30-23-51-37(42-30)26(4)5)38(48)44-35(25(2)3)36(47)43-32(34(28-14-10-8-11-15-28)29-16-12-9-13-17-29)19-33(46)27(6)41-39(49)50-22-31-20-40-24-52-31/h8-17,20,23-27,32-35,46H,7,18-19,21-22H2,1-6H3,(H,41,49)(H,43,47)(H,44,48)/t27-,32-,33-,35-/m0/s1. The van der Waals surface area contributed by atoms with Gasteiger partial charge in [-0.15, -0.1) is 22.7 Å². The van der Waals surface area contributed by atoms with Gasteiger partial charge in [0.15, 0.2) is 0 Å². The molecule has 2 heterocycles. The van der Waals surface area contributed by atoms with E-state index in [0.29, 0.717) is 19.0 Å². The first-order valence-corrected chi connectivity index (χ1v) is 19.6. The first kappa shape index (κ1) is 40.4. The van der Waals surface area contributed by atoms with Gasteiger partial charge in [-0.05, 0) is 36.8 Å². The minimum Gasteiger partial charge on any atom is -0.444 e. The molecule has 0 saturated heterocycles. The zero-order chi connectivity index (χ0) is 37.6. The molecule has 4 N–H and O–H groups in total. The summed E-state index contributed by atoms with van der Waals surface area (Å²) in [7, 11) is 0. The maximum Gasteiger partial charge on any atom is 0.407 e. The number of ether oxygens (including phenoxy) is 1. The van der Waals surface area contributed by atoms with Crippen molar-refractivity contribution in [1.82, 2.24) is 30.8 Å². The largest absolute Gasteiger partial charge is 0.444 e. The Morgan fingerprint density at radius 3 is 2.10 bits per heavy atom. The van der Waals surface area contributed by atoms with Gasteiger partial charge in [0.25, 0.3) is 0 Å². The summed E-state index contributed by atoms with van der Waals surface area (Å²) in [5.74, 6) is -0.670. The maximum absolute atomic E-state index is 14.3. The Morgan fingerprint density at radius 1 is 0.904 bits per heavy atom. The van der Waals surface area contributed by atoms with Crippen LogP contribution < -0.4 is 16.0 Å². The van der Waals surface area contributed by atoms with Crippen LogP contribution >= 0.6 is 22.7 Å². The van der Waals surface area contributed by atoms with E-state index in [9.17, 15) is 19.5 Å². The number of nitrogens with zero attached hydrogens (tertiary/aromatic N) is 3. The van der Waals surface area contributed by atoms with E-state index in [1.165, 1.54) is 11.3 Å². The zero-order valence-electron chi connectivity index (χ0n) is 30.8. The van der Waals surface area contributed by atoms with Crippen LogP contribution in [0.4, 0.5) is 9.59 Å². The lowest BCUT2D eigenvalue weighted by molar-refractivity contribution is -0.125. The minimum absolute atomic E-state index is 0.0723. The molecule has 0 fully saturated rings. The van der Waals surface area contributed by atoms with Crippen molar-refractivity contribution in [2.24, 2.45) is 5.92 Å². The Labute approximate surface area is 315 Å². The maximum atomic E-state index is 14.3. The number of aromatic nitrogens is 2. The number of alkyl carbamates (subject to hydrolysis) is 1. The molecule has 13 heteroatoms. The highest BCUT2D eigenvalue weighted by Crippen LogP contribution is 2.31. The molecule has 0 spiro atoms. The highest BCUT2D eigenvalue weighted by atomic mass is 32.1. The van der Waals surface area contributed by atoms with E-state index in [0.717, 1.165) is 33.1 Å². The normalized spacial score (nSPS) is 13.7. The number of aliphatic hydroxyl groups excluding tert-OH is 1. The molecule has 11 nitrogen and oxygen atoms in total. The summed E-state index contributed by atoms with van der Waals surface area (Å²) >= 11 is 2.96. The molecule has 4 rings (SSSR count). The van der Waals surface area contributed by atoms with Gasteiger partial charge in [0.05, 0.1) is 39.8 Å². The van der Waals surface area contributed by atoms with Crippen molar-refractivity contribution >= 4 is 40.7 Å². The van der Waals surface area contributed by atoms with Crippen LogP contribution in [-0.4, -0.2) is 68.8 Å². The highest BCUT2D eigenvalue weighted by molar-refractivity contribution is 7.09. The van der Waals surface area contributed by atoms with E-state index in [4.69, 9.17) is 9.72 Å². The van der Waals surface area contributed by atoms with Gasteiger partial charge in [0, 0.05) is 36.0 Å². The van der Waals surface area contributed by atoms with E-state index in [1.807, 2.05) is 86.8 Å². The quantitative estimate of drug-likeness (QED) is 0.0853. The number of carbonyl (C=O) groups excluding carboxylic acids is 3. The number of hydrogen-bond donors (Lipinski definition) is 4. The molecule has 280 valence electrons. The number of carbonyl (C=O) groups is 3. The average molecular weight is 749 g/mol. The van der Waals surface area contributed by atoms with Crippen LogP contribution in [0.25, 0.3) is 0 Å². The first-order valence-electron chi connectivity index (χ1n) is 17.8. The molecule has 4 amide bonds. The zero-order valence-corrected chi connectivity index (χ0v) is 32.5. The lowest BCUT2D eigenvalue weighted by atomic mass is 9.81. The third-order valence-corrected chi connectivity index (χ3v) is 10.7. The molecule has 0 aliphatic carbocycles. The summed E-state index contributed by atoms with van der Waals surface area (Å²) in [6.45, 7) is 12.6. The molecule has 4 atom stereocenters. The van der Waals surface area contributed by atoms with Gasteiger partial charge < -0.3 is 30.7 Å². The second kappa shape index (κ2) is 20.1. The first-order chi connectivity index (χ1) is 25.0. The number of aliphatic hydroxyl groups is 1. The molecule has 2 aromatic heterocycles. The van der Waals surface area contributed by atoms with Gasteiger partial charge in [-0.25, -0.2) is 14.6 Å². The molecule has 2 aromatic carbocycles. The molecule has 52 heavy (non-hydrogen) atoms. The Balaban J connectivity index is 1.56. The second-order valence-electron chi connectivity index (χ2n) is 13.6. The van der Waals surface area contributed by atoms with Gasteiger partial charge >= 0.3 is 12.1 Å². The van der Waals surface area contributed by atoms with E-state index in [-0.39, 0.29) is 36.8 Å². The average Bonchev–Trinajstić information content (AvgIpc) is 3.83. The fourth-order valence-corrected chi connectivity index (χ4v) is 7.24. The number of benzene rings is 2. The molecule has 0 aliphatic heterocycles. The predicted molar refractivity (Wildman–Crippen MR) is 206 cm³/mol. The van der Waals surface area contributed by atoms with Crippen LogP contribution in [0.5, 0.6) is 0 Å². The molecular formula is C39H52N6O5S2. The van der Waals surface area contributed by atoms with Crippen molar-refractivity contribution < 1.29 is 24.2 Å². The van der Waals surface area contributed by atoms with Gasteiger partial charge in [0.2, 0.25) is 5.91 Å². The summed E-state index contributed by atoms with van der Waals surface area (Å²) in [5.41, 5.74) is 4.37. The summed E-state index contributed by atoms with van der Waals surface area (Å²) in [6.07, 6.45) is 0.749. The number of hydrogen-bond acceptors (Lipinski definition) is 9. The molecule has 0 unspecified atom stereocenters. The lowest BCUT2D eigenvalue weighted by Gasteiger charge is -2.34. The Hall–Kier alpha value is -4.33. The Bertz CT molecular complexity index is 1630. The fraction of sp³-hybridized carbons (Fsp3) is 0.462. The lowest BCUT2D eigenvalue weighted by Crippen LogP contribution is -2.56. The van der Waals surface area contributed by atoms with Gasteiger partial charge in [-0.2, -0.15) is 0 Å². The van der Waals surface area contributed by atoms with Crippen molar-refractivity contribution in [2.75, 3.05) is 6.54 Å². The molecule has 0 bridgehead atoms. The summed E-state index contributed by atoms with van der Waals surface area (Å²) in [6, 6.07) is 17.1. The molecule has 0 saturated carbocycles. The fourth-order valence-electron chi connectivity index (χ4n) is 5.90. The van der Waals surface area contributed by atoms with E-state index < -0.39 is 30.3 Å². The van der Waals surface area contributed by atoms with Gasteiger partial charge in [-0.1, -0.05) is 95.3 Å². The second-order valence-corrected chi connectivity index (χ2v) is 15.5. The minimum atomic E-state index is -1.06. The van der Waals surface area contributed by atoms with Gasteiger partial charge in [-0.3, -0.25) is 9.78 Å². The van der Waals surface area contributed by atoms with Crippen LogP contribution in [0.2, 0.25) is 0 Å². The molecule has 0 aliphatic rings. The molecule has 4 aromatic rings. The van der Waals surface area contributed by atoms with Crippen LogP contribution in [-0.2, 0) is 22.7 Å². The summed E-state index contributed by atoms with van der Waals surface area (Å²) in [4.78, 5) is 51.9.